The molecular weight excluding hydrogens is 286 g/mol. The van der Waals surface area contributed by atoms with Gasteiger partial charge in [-0.15, -0.1) is 0 Å². The minimum Gasteiger partial charge on any atom is -0.384 e. The van der Waals surface area contributed by atoms with E-state index in [2.05, 4.69) is 22.4 Å². The number of nitrogen functional groups attached to an aromatic ring is 1. The van der Waals surface area contributed by atoms with Crippen LogP contribution in [0.2, 0.25) is 5.02 Å². The van der Waals surface area contributed by atoms with Gasteiger partial charge >= 0.3 is 0 Å². The maximum absolute atomic E-state index is 12.3. The third kappa shape index (κ3) is 3.00. The predicted octanol–water partition coefficient (Wildman–Crippen LogP) is 2.60. The van der Waals surface area contributed by atoms with Gasteiger partial charge in [-0.05, 0) is 42.5 Å². The van der Waals surface area contributed by atoms with Crippen LogP contribution in [0.5, 0.6) is 0 Å². The maximum Gasteiger partial charge on any atom is 0.271 e. The molecule has 1 heterocycles. The fraction of sp³-hybridized carbons (Fsp3) is 0.250. The lowest BCUT2D eigenvalue weighted by molar-refractivity contribution is 0.0929. The van der Waals surface area contributed by atoms with Gasteiger partial charge < -0.3 is 11.1 Å². The summed E-state index contributed by atoms with van der Waals surface area (Å²) >= 11 is 6.01. The number of fused-ring (bicyclic) bond motifs is 1. The molecule has 0 fully saturated rings. The van der Waals surface area contributed by atoms with Crippen LogP contribution >= 0.6 is 11.6 Å². The highest BCUT2D eigenvalue weighted by molar-refractivity contribution is 6.33. The van der Waals surface area contributed by atoms with E-state index in [9.17, 15) is 4.79 Å². The van der Waals surface area contributed by atoms with Gasteiger partial charge in [0.15, 0.2) is 0 Å². The van der Waals surface area contributed by atoms with Crippen molar-refractivity contribution in [2.75, 3.05) is 5.73 Å². The number of pyridine rings is 1. The quantitative estimate of drug-likeness (QED) is 0.896. The standard InChI is InChI=1S/C16H16ClN3O/c17-13-7-8-14(18)20-15(13)16(21)19-12-6-5-10-3-1-2-4-11(10)9-12/h1-4,7-8,12H,5-6,9H2,(H2,18,20)(H,19,21). The van der Waals surface area contributed by atoms with Gasteiger partial charge in [-0.1, -0.05) is 35.9 Å². The highest BCUT2D eigenvalue weighted by atomic mass is 35.5. The molecule has 0 radical (unpaired) electrons. The monoisotopic (exact) mass is 301 g/mol. The van der Waals surface area contributed by atoms with Crippen molar-refractivity contribution in [2.45, 2.75) is 25.3 Å². The molecule has 21 heavy (non-hydrogen) atoms. The van der Waals surface area contributed by atoms with E-state index < -0.39 is 0 Å². The van der Waals surface area contributed by atoms with Crippen molar-refractivity contribution in [3.63, 3.8) is 0 Å². The lowest BCUT2D eigenvalue weighted by atomic mass is 9.88. The summed E-state index contributed by atoms with van der Waals surface area (Å²) in [6, 6.07) is 11.6. The molecule has 4 nitrogen and oxygen atoms in total. The number of aryl methyl sites for hydroxylation is 1. The lowest BCUT2D eigenvalue weighted by Gasteiger charge is -2.25. The first kappa shape index (κ1) is 13.9. The summed E-state index contributed by atoms with van der Waals surface area (Å²) in [4.78, 5) is 16.3. The molecule has 1 aromatic heterocycles. The number of nitrogens with zero attached hydrogens (tertiary/aromatic N) is 1. The Morgan fingerprint density at radius 3 is 2.81 bits per heavy atom. The van der Waals surface area contributed by atoms with Crippen molar-refractivity contribution in [1.29, 1.82) is 0 Å². The Balaban J connectivity index is 1.73. The van der Waals surface area contributed by atoms with Crippen molar-refractivity contribution in [3.05, 3.63) is 58.2 Å². The molecule has 0 aliphatic heterocycles. The number of halogens is 1. The number of amides is 1. The average molecular weight is 302 g/mol. The first-order valence-corrected chi connectivity index (χ1v) is 7.31. The van der Waals surface area contributed by atoms with E-state index in [-0.39, 0.29) is 17.6 Å². The molecule has 2 aromatic rings. The van der Waals surface area contributed by atoms with Crippen molar-refractivity contribution in [2.24, 2.45) is 0 Å². The third-order valence-corrected chi connectivity index (χ3v) is 4.07. The SMILES string of the molecule is Nc1ccc(Cl)c(C(=O)NC2CCc3ccccc3C2)n1. The van der Waals surface area contributed by atoms with Gasteiger partial charge in [0.1, 0.15) is 11.5 Å². The van der Waals surface area contributed by atoms with Gasteiger partial charge in [-0.2, -0.15) is 0 Å². The summed E-state index contributed by atoms with van der Waals surface area (Å²) in [6.45, 7) is 0. The molecule has 1 aliphatic carbocycles. The largest absolute Gasteiger partial charge is 0.384 e. The Morgan fingerprint density at radius 2 is 2.00 bits per heavy atom. The van der Waals surface area contributed by atoms with Crippen molar-refractivity contribution in [3.8, 4) is 0 Å². The number of anilines is 1. The molecule has 108 valence electrons. The molecule has 0 spiro atoms. The fourth-order valence-electron chi connectivity index (χ4n) is 2.69. The van der Waals surface area contributed by atoms with E-state index in [4.69, 9.17) is 17.3 Å². The number of nitrogens with two attached hydrogens (primary N) is 1. The van der Waals surface area contributed by atoms with E-state index in [1.807, 2.05) is 12.1 Å². The zero-order valence-electron chi connectivity index (χ0n) is 11.5. The van der Waals surface area contributed by atoms with E-state index in [0.717, 1.165) is 19.3 Å². The zero-order chi connectivity index (χ0) is 14.8. The first-order valence-electron chi connectivity index (χ1n) is 6.93. The molecule has 1 atom stereocenters. The van der Waals surface area contributed by atoms with Crippen LogP contribution in [0.25, 0.3) is 0 Å². The molecular formula is C16H16ClN3O. The number of aromatic nitrogens is 1. The van der Waals surface area contributed by atoms with E-state index in [0.29, 0.717) is 10.8 Å². The molecule has 1 unspecified atom stereocenters. The number of nitrogens with one attached hydrogen (secondary N) is 1. The highest BCUT2D eigenvalue weighted by Gasteiger charge is 2.22. The van der Waals surface area contributed by atoms with Crippen molar-refractivity contribution in [1.82, 2.24) is 10.3 Å². The normalized spacial score (nSPS) is 17.1. The predicted molar refractivity (Wildman–Crippen MR) is 83.4 cm³/mol. The molecule has 3 N–H and O–H groups in total. The van der Waals surface area contributed by atoms with Gasteiger partial charge in [-0.3, -0.25) is 4.79 Å². The number of hydrogen-bond donors (Lipinski definition) is 2. The van der Waals surface area contributed by atoms with Crippen LogP contribution < -0.4 is 11.1 Å². The van der Waals surface area contributed by atoms with Gasteiger partial charge in [-0.25, -0.2) is 4.98 Å². The topological polar surface area (TPSA) is 68.0 Å². The highest BCUT2D eigenvalue weighted by Crippen LogP contribution is 2.22. The molecule has 0 bridgehead atoms. The van der Waals surface area contributed by atoms with Crippen molar-refractivity contribution >= 4 is 23.3 Å². The third-order valence-electron chi connectivity index (χ3n) is 3.76. The van der Waals surface area contributed by atoms with Crippen molar-refractivity contribution < 1.29 is 4.79 Å². The summed E-state index contributed by atoms with van der Waals surface area (Å²) in [7, 11) is 0. The minimum atomic E-state index is -0.267. The summed E-state index contributed by atoms with van der Waals surface area (Å²) in [5.41, 5.74) is 8.46. The second kappa shape index (κ2) is 5.74. The first-order chi connectivity index (χ1) is 10.1. The number of carbonyl (C=O) groups excluding carboxylic acids is 1. The molecule has 3 rings (SSSR count). The van der Waals surface area contributed by atoms with Crippen LogP contribution in [0.1, 0.15) is 28.0 Å². The molecule has 1 aliphatic rings. The Bertz CT molecular complexity index is 687. The van der Waals surface area contributed by atoms with Crippen LogP contribution in [-0.2, 0) is 12.8 Å². The molecule has 5 heteroatoms. The molecule has 1 aromatic carbocycles. The second-order valence-electron chi connectivity index (χ2n) is 5.25. The Kier molecular flexibility index (Phi) is 3.80. The van der Waals surface area contributed by atoms with Crippen LogP contribution in [0.15, 0.2) is 36.4 Å². The van der Waals surface area contributed by atoms with Crippen LogP contribution in [0, 0.1) is 0 Å². The molecule has 0 saturated heterocycles. The minimum absolute atomic E-state index is 0.103. The van der Waals surface area contributed by atoms with Gasteiger partial charge in [0.2, 0.25) is 0 Å². The summed E-state index contributed by atoms with van der Waals surface area (Å²) < 4.78 is 0. The number of hydrogen-bond acceptors (Lipinski definition) is 3. The van der Waals surface area contributed by atoms with Crippen LogP contribution in [0.3, 0.4) is 0 Å². The van der Waals surface area contributed by atoms with Gasteiger partial charge in [0.25, 0.3) is 5.91 Å². The van der Waals surface area contributed by atoms with E-state index in [1.165, 1.54) is 11.1 Å². The van der Waals surface area contributed by atoms with E-state index in [1.54, 1.807) is 12.1 Å². The fourth-order valence-corrected chi connectivity index (χ4v) is 2.88. The molecule has 0 saturated carbocycles. The molecule has 1 amide bonds. The number of benzene rings is 1. The lowest BCUT2D eigenvalue weighted by Crippen LogP contribution is -2.39. The second-order valence-corrected chi connectivity index (χ2v) is 5.66. The number of rotatable bonds is 2. The Morgan fingerprint density at radius 1 is 1.24 bits per heavy atom. The summed E-state index contributed by atoms with van der Waals surface area (Å²) in [6.07, 6.45) is 2.73. The zero-order valence-corrected chi connectivity index (χ0v) is 12.2. The van der Waals surface area contributed by atoms with Crippen LogP contribution in [-0.4, -0.2) is 16.9 Å². The van der Waals surface area contributed by atoms with Gasteiger partial charge in [0, 0.05) is 6.04 Å². The summed E-state index contributed by atoms with van der Waals surface area (Å²) in [5, 5.41) is 3.32. The Hall–Kier alpha value is -2.07. The van der Waals surface area contributed by atoms with E-state index >= 15 is 0 Å². The smallest absolute Gasteiger partial charge is 0.271 e. The summed E-state index contributed by atoms with van der Waals surface area (Å²) in [5.74, 6) is 0.0234. The number of carbonyl (C=O) groups is 1. The van der Waals surface area contributed by atoms with Gasteiger partial charge in [0.05, 0.1) is 5.02 Å². The average Bonchev–Trinajstić information content (AvgIpc) is 2.49. The Labute approximate surface area is 128 Å². The maximum atomic E-state index is 12.3. The van der Waals surface area contributed by atoms with Crippen LogP contribution in [0.4, 0.5) is 5.82 Å².